The van der Waals surface area contributed by atoms with Crippen molar-refractivity contribution < 1.29 is 9.66 Å². The topological polar surface area (TPSA) is 115 Å². The van der Waals surface area contributed by atoms with Crippen molar-refractivity contribution in [2.24, 2.45) is 0 Å². The van der Waals surface area contributed by atoms with Gasteiger partial charge in [0.15, 0.2) is 0 Å². The standard InChI is InChI=1S/C12H8N4O3/c13-6-8-4-10(16(17)18)7-15-12(8)19-11-3-1-2-9(14)5-11/h1-5,7H,14H2. The van der Waals surface area contributed by atoms with E-state index in [2.05, 4.69) is 4.98 Å². The highest BCUT2D eigenvalue weighted by Gasteiger charge is 2.13. The summed E-state index contributed by atoms with van der Waals surface area (Å²) in [6, 6.07) is 9.47. The molecule has 0 fully saturated rings. The third-order valence-electron chi connectivity index (χ3n) is 2.24. The molecule has 0 spiro atoms. The monoisotopic (exact) mass is 256 g/mol. The van der Waals surface area contributed by atoms with Crippen LogP contribution in [0.4, 0.5) is 11.4 Å². The fourth-order valence-corrected chi connectivity index (χ4v) is 1.39. The molecule has 0 saturated carbocycles. The molecule has 2 aromatic rings. The van der Waals surface area contributed by atoms with Crippen LogP contribution in [0.5, 0.6) is 11.6 Å². The van der Waals surface area contributed by atoms with Gasteiger partial charge in [0.2, 0.25) is 5.88 Å². The summed E-state index contributed by atoms with van der Waals surface area (Å²) in [5.41, 5.74) is 5.81. The van der Waals surface area contributed by atoms with Gasteiger partial charge < -0.3 is 10.5 Å². The van der Waals surface area contributed by atoms with Gasteiger partial charge in [-0.1, -0.05) is 6.07 Å². The third-order valence-corrected chi connectivity index (χ3v) is 2.24. The fraction of sp³-hybridized carbons (Fsp3) is 0. The molecule has 7 heteroatoms. The molecule has 19 heavy (non-hydrogen) atoms. The van der Waals surface area contributed by atoms with Crippen LogP contribution in [-0.4, -0.2) is 9.91 Å². The van der Waals surface area contributed by atoms with Crippen LogP contribution < -0.4 is 10.5 Å². The van der Waals surface area contributed by atoms with Crippen LogP contribution in [0.15, 0.2) is 36.5 Å². The molecule has 0 aliphatic carbocycles. The molecule has 94 valence electrons. The molecular formula is C12H8N4O3. The number of nitrogens with two attached hydrogens (primary N) is 1. The number of ether oxygens (including phenoxy) is 1. The van der Waals surface area contributed by atoms with Gasteiger partial charge in [-0.25, -0.2) is 4.98 Å². The molecule has 0 saturated heterocycles. The predicted molar refractivity (Wildman–Crippen MR) is 66.5 cm³/mol. The lowest BCUT2D eigenvalue weighted by atomic mass is 10.2. The molecule has 2 rings (SSSR count). The highest BCUT2D eigenvalue weighted by molar-refractivity contribution is 5.49. The Labute approximate surface area is 108 Å². The van der Waals surface area contributed by atoms with E-state index in [4.69, 9.17) is 15.7 Å². The summed E-state index contributed by atoms with van der Waals surface area (Å²) in [6.07, 6.45) is 1.03. The quantitative estimate of drug-likeness (QED) is 0.511. The van der Waals surface area contributed by atoms with Crippen LogP contribution in [0, 0.1) is 21.4 Å². The number of hydrogen-bond acceptors (Lipinski definition) is 6. The molecule has 0 bridgehead atoms. The maximum absolute atomic E-state index is 10.6. The van der Waals surface area contributed by atoms with Crippen LogP contribution in [0.2, 0.25) is 0 Å². The molecule has 2 N–H and O–H groups in total. The van der Waals surface area contributed by atoms with Crippen molar-refractivity contribution in [3.8, 4) is 17.7 Å². The van der Waals surface area contributed by atoms with Gasteiger partial charge >= 0.3 is 0 Å². The van der Waals surface area contributed by atoms with Crippen molar-refractivity contribution in [2.45, 2.75) is 0 Å². The summed E-state index contributed by atoms with van der Waals surface area (Å²) in [7, 11) is 0. The highest BCUT2D eigenvalue weighted by Crippen LogP contribution is 2.26. The molecule has 1 aromatic carbocycles. The SMILES string of the molecule is N#Cc1cc([N+](=O)[O-])cnc1Oc1cccc(N)c1. The number of hydrogen-bond donors (Lipinski definition) is 1. The van der Waals surface area contributed by atoms with Crippen LogP contribution in [0.1, 0.15) is 5.56 Å². The van der Waals surface area contributed by atoms with Crippen LogP contribution in [0.25, 0.3) is 0 Å². The number of benzene rings is 1. The van der Waals surface area contributed by atoms with Gasteiger partial charge in [-0.2, -0.15) is 5.26 Å². The van der Waals surface area contributed by atoms with Gasteiger partial charge in [0.1, 0.15) is 23.6 Å². The van der Waals surface area contributed by atoms with E-state index in [-0.39, 0.29) is 17.1 Å². The molecule has 0 aliphatic rings. The van der Waals surface area contributed by atoms with E-state index in [0.717, 1.165) is 12.3 Å². The fourth-order valence-electron chi connectivity index (χ4n) is 1.39. The normalized spacial score (nSPS) is 9.63. The van der Waals surface area contributed by atoms with Gasteiger partial charge in [0.25, 0.3) is 5.69 Å². The summed E-state index contributed by atoms with van der Waals surface area (Å²) in [4.78, 5) is 13.7. The van der Waals surface area contributed by atoms with Crippen LogP contribution in [-0.2, 0) is 0 Å². The Balaban J connectivity index is 2.36. The maximum atomic E-state index is 10.6. The third kappa shape index (κ3) is 2.76. The molecule has 1 heterocycles. The minimum atomic E-state index is -0.627. The first-order valence-electron chi connectivity index (χ1n) is 5.18. The van der Waals surface area contributed by atoms with E-state index in [9.17, 15) is 10.1 Å². The second-order valence-electron chi connectivity index (χ2n) is 3.59. The number of nitriles is 1. The molecule has 0 unspecified atom stereocenters. The second kappa shape index (κ2) is 5.01. The minimum Gasteiger partial charge on any atom is -0.438 e. The Kier molecular flexibility index (Phi) is 3.25. The van der Waals surface area contributed by atoms with Crippen molar-refractivity contribution in [1.82, 2.24) is 4.98 Å². The van der Waals surface area contributed by atoms with Crippen molar-refractivity contribution >= 4 is 11.4 Å². The molecule has 0 atom stereocenters. The minimum absolute atomic E-state index is 0.00120. The lowest BCUT2D eigenvalue weighted by Gasteiger charge is -2.06. The van der Waals surface area contributed by atoms with Gasteiger partial charge in [0, 0.05) is 17.8 Å². The summed E-state index contributed by atoms with van der Waals surface area (Å²) in [6.45, 7) is 0. The van der Waals surface area contributed by atoms with E-state index in [1.807, 2.05) is 0 Å². The predicted octanol–water partition coefficient (Wildman–Crippen LogP) is 2.24. The first-order chi connectivity index (χ1) is 9.10. The number of nitrogen functional groups attached to an aromatic ring is 1. The summed E-state index contributed by atoms with van der Waals surface area (Å²) < 4.78 is 5.38. The number of pyridine rings is 1. The van der Waals surface area contributed by atoms with Gasteiger partial charge in [-0.3, -0.25) is 10.1 Å². The van der Waals surface area contributed by atoms with Crippen molar-refractivity contribution in [2.75, 3.05) is 5.73 Å². The van der Waals surface area contributed by atoms with Gasteiger partial charge in [-0.05, 0) is 12.1 Å². The van der Waals surface area contributed by atoms with E-state index in [1.165, 1.54) is 0 Å². The van der Waals surface area contributed by atoms with Gasteiger partial charge in [0.05, 0.1) is 4.92 Å². The highest BCUT2D eigenvalue weighted by atomic mass is 16.6. The lowest BCUT2D eigenvalue weighted by molar-refractivity contribution is -0.385. The molecule has 1 aromatic heterocycles. The number of nitro groups is 1. The molecule has 0 radical (unpaired) electrons. The first kappa shape index (κ1) is 12.3. The molecule has 0 aliphatic heterocycles. The zero-order valence-electron chi connectivity index (χ0n) is 9.61. The zero-order chi connectivity index (χ0) is 13.8. The zero-order valence-corrected chi connectivity index (χ0v) is 9.61. The Bertz CT molecular complexity index is 679. The smallest absolute Gasteiger partial charge is 0.289 e. The van der Waals surface area contributed by atoms with E-state index in [1.54, 1.807) is 30.3 Å². The van der Waals surface area contributed by atoms with Crippen LogP contribution in [0.3, 0.4) is 0 Å². The molecule has 7 nitrogen and oxygen atoms in total. The van der Waals surface area contributed by atoms with Gasteiger partial charge in [-0.15, -0.1) is 0 Å². The number of anilines is 1. The average molecular weight is 256 g/mol. The Morgan fingerprint density at radius 3 is 2.84 bits per heavy atom. The van der Waals surface area contributed by atoms with Crippen molar-refractivity contribution in [1.29, 1.82) is 5.26 Å². The maximum Gasteiger partial charge on any atom is 0.289 e. The van der Waals surface area contributed by atoms with Crippen molar-refractivity contribution in [3.05, 3.63) is 52.2 Å². The largest absolute Gasteiger partial charge is 0.438 e. The Morgan fingerprint density at radius 1 is 1.42 bits per heavy atom. The summed E-state index contributed by atoms with van der Waals surface area (Å²) >= 11 is 0. The number of rotatable bonds is 3. The van der Waals surface area contributed by atoms with E-state index >= 15 is 0 Å². The van der Waals surface area contributed by atoms with E-state index < -0.39 is 4.92 Å². The van der Waals surface area contributed by atoms with Crippen molar-refractivity contribution in [3.63, 3.8) is 0 Å². The first-order valence-corrected chi connectivity index (χ1v) is 5.18. The van der Waals surface area contributed by atoms with E-state index in [0.29, 0.717) is 11.4 Å². The Hall–Kier alpha value is -3.14. The summed E-state index contributed by atoms with van der Waals surface area (Å²) in [5.74, 6) is 0.400. The second-order valence-corrected chi connectivity index (χ2v) is 3.59. The molecule has 0 amide bonds. The van der Waals surface area contributed by atoms with Crippen LogP contribution >= 0.6 is 0 Å². The number of aromatic nitrogens is 1. The Morgan fingerprint density at radius 2 is 2.21 bits per heavy atom. The molecular weight excluding hydrogens is 248 g/mol. The number of nitrogens with zero attached hydrogens (tertiary/aromatic N) is 3. The lowest BCUT2D eigenvalue weighted by Crippen LogP contribution is -1.96. The average Bonchev–Trinajstić information content (AvgIpc) is 2.39. The summed E-state index contributed by atoms with van der Waals surface area (Å²) in [5, 5.41) is 19.5.